The number of ether oxygens (including phenoxy) is 3. The summed E-state index contributed by atoms with van der Waals surface area (Å²) in [5.74, 6) is 0.492. The third-order valence-electron chi connectivity index (χ3n) is 10.2. The Morgan fingerprint density at radius 3 is 1.68 bits per heavy atom. The van der Waals surface area contributed by atoms with E-state index in [-0.39, 0.29) is 41.4 Å². The molecule has 2 fully saturated rings. The summed E-state index contributed by atoms with van der Waals surface area (Å²) in [6.07, 6.45) is 2.49. The first-order valence-corrected chi connectivity index (χ1v) is 18.5. The standard InChI is InChI=1S/C21H31NO4.C21H33NO2/c1-6-17-13-22(19(24)25-14-16-10-8-7-9-11-16)15-21(17,5)12-18(23)26-20(2,3)4;1-7-18-14-22(16(2)17-11-9-8-10-12-17)15-21(18,6)13-19(23)24-20(3,4)5/h7-11,17H,6,12-15H2,1-5H3;8-12,16,18H,7,13-15H2,1-6H3/t;16-,18?,21?/m.1/s1. The number of esters is 2. The topological polar surface area (TPSA) is 85.4 Å². The van der Waals surface area contributed by atoms with Crippen LogP contribution < -0.4 is 0 Å². The SMILES string of the molecule is CCC1CN(C(=O)OCc2ccccc2)CC1(C)CC(=O)OC(C)(C)C.CCC1CN([C@H](C)c2ccccc2)CC1(C)CC(=O)OC(C)(C)C. The molecule has 2 aromatic carbocycles. The molecule has 4 rings (SSSR count). The molecule has 50 heavy (non-hydrogen) atoms. The second kappa shape index (κ2) is 17.2. The number of rotatable bonds is 10. The Hall–Kier alpha value is -3.39. The average molecular weight is 693 g/mol. The molecule has 0 aromatic heterocycles. The van der Waals surface area contributed by atoms with Gasteiger partial charge in [0.15, 0.2) is 0 Å². The van der Waals surface area contributed by atoms with Crippen molar-refractivity contribution in [1.82, 2.24) is 9.80 Å². The van der Waals surface area contributed by atoms with Gasteiger partial charge in [-0.25, -0.2) is 4.79 Å². The normalized spacial score (nSPS) is 24.6. The maximum absolute atomic E-state index is 12.5. The van der Waals surface area contributed by atoms with Crippen LogP contribution in [0.2, 0.25) is 0 Å². The van der Waals surface area contributed by atoms with Gasteiger partial charge in [0.1, 0.15) is 17.8 Å². The van der Waals surface area contributed by atoms with E-state index in [4.69, 9.17) is 14.2 Å². The van der Waals surface area contributed by atoms with E-state index >= 15 is 0 Å². The number of carbonyl (C=O) groups excluding carboxylic acids is 3. The zero-order valence-electron chi connectivity index (χ0n) is 32.7. The molecule has 0 saturated carbocycles. The van der Waals surface area contributed by atoms with E-state index in [0.717, 1.165) is 31.5 Å². The predicted octanol–water partition coefficient (Wildman–Crippen LogP) is 9.23. The number of nitrogens with zero attached hydrogens (tertiary/aromatic N) is 2. The lowest BCUT2D eigenvalue weighted by atomic mass is 9.76. The van der Waals surface area contributed by atoms with Crippen molar-refractivity contribution in [2.75, 3.05) is 26.2 Å². The van der Waals surface area contributed by atoms with Gasteiger partial charge < -0.3 is 19.1 Å². The van der Waals surface area contributed by atoms with Crippen molar-refractivity contribution in [2.45, 2.75) is 126 Å². The van der Waals surface area contributed by atoms with E-state index < -0.39 is 11.2 Å². The first-order chi connectivity index (χ1) is 23.3. The van der Waals surface area contributed by atoms with Gasteiger partial charge >= 0.3 is 18.0 Å². The molecule has 0 N–H and O–H groups in total. The van der Waals surface area contributed by atoms with Crippen molar-refractivity contribution in [1.29, 1.82) is 0 Å². The zero-order chi connectivity index (χ0) is 37.3. The lowest BCUT2D eigenvalue weighted by Gasteiger charge is -2.31. The summed E-state index contributed by atoms with van der Waals surface area (Å²) < 4.78 is 16.5. The zero-order valence-corrected chi connectivity index (χ0v) is 32.7. The fraction of sp³-hybridized carbons (Fsp3) is 0.643. The Morgan fingerprint density at radius 1 is 0.740 bits per heavy atom. The smallest absolute Gasteiger partial charge is 0.410 e. The fourth-order valence-corrected chi connectivity index (χ4v) is 7.52. The Labute approximate surface area is 302 Å². The second-order valence-corrected chi connectivity index (χ2v) is 17.0. The highest BCUT2D eigenvalue weighted by molar-refractivity contribution is 5.72. The molecule has 1 amide bonds. The summed E-state index contributed by atoms with van der Waals surface area (Å²) in [5, 5.41) is 0. The van der Waals surface area contributed by atoms with Gasteiger partial charge in [0.2, 0.25) is 0 Å². The van der Waals surface area contributed by atoms with Crippen LogP contribution in [0.5, 0.6) is 0 Å². The minimum absolute atomic E-state index is 0.0138. The molecule has 0 aliphatic carbocycles. The Kier molecular flexibility index (Phi) is 14.1. The maximum Gasteiger partial charge on any atom is 0.410 e. The Morgan fingerprint density at radius 2 is 1.20 bits per heavy atom. The van der Waals surface area contributed by atoms with Crippen LogP contribution in [0.4, 0.5) is 4.79 Å². The summed E-state index contributed by atoms with van der Waals surface area (Å²) in [7, 11) is 0. The van der Waals surface area contributed by atoms with Crippen molar-refractivity contribution in [2.24, 2.45) is 22.7 Å². The monoisotopic (exact) mass is 692 g/mol. The van der Waals surface area contributed by atoms with Crippen molar-refractivity contribution < 1.29 is 28.6 Å². The molecule has 0 bridgehead atoms. The number of likely N-dealkylation sites (tertiary alicyclic amines) is 2. The maximum atomic E-state index is 12.5. The highest BCUT2D eigenvalue weighted by atomic mass is 16.6. The van der Waals surface area contributed by atoms with Crippen LogP contribution in [-0.2, 0) is 30.4 Å². The fourth-order valence-electron chi connectivity index (χ4n) is 7.52. The van der Waals surface area contributed by atoms with Gasteiger partial charge in [0, 0.05) is 37.6 Å². The quantitative estimate of drug-likeness (QED) is 0.181. The van der Waals surface area contributed by atoms with E-state index in [1.54, 1.807) is 4.90 Å². The van der Waals surface area contributed by atoms with E-state index in [1.165, 1.54) is 5.56 Å². The molecule has 278 valence electrons. The summed E-state index contributed by atoms with van der Waals surface area (Å²) in [6.45, 7) is 25.7. The lowest BCUT2D eigenvalue weighted by molar-refractivity contribution is -0.159. The summed E-state index contributed by atoms with van der Waals surface area (Å²) in [5.41, 5.74) is 1.09. The Balaban J connectivity index is 0.000000271. The number of benzene rings is 2. The van der Waals surface area contributed by atoms with Crippen LogP contribution in [0.15, 0.2) is 60.7 Å². The summed E-state index contributed by atoms with van der Waals surface area (Å²) in [6, 6.07) is 20.6. The van der Waals surface area contributed by atoms with E-state index in [0.29, 0.717) is 37.9 Å². The molecule has 0 radical (unpaired) electrons. The molecule has 4 unspecified atom stereocenters. The molecule has 2 aliphatic heterocycles. The molecule has 2 saturated heterocycles. The molecular formula is C42H64N2O6. The van der Waals surface area contributed by atoms with Crippen molar-refractivity contribution in [3.8, 4) is 0 Å². The summed E-state index contributed by atoms with van der Waals surface area (Å²) in [4.78, 5) is 41.4. The highest BCUT2D eigenvalue weighted by Crippen LogP contribution is 2.44. The molecule has 0 spiro atoms. The first-order valence-electron chi connectivity index (χ1n) is 18.5. The number of hydrogen-bond acceptors (Lipinski definition) is 7. The Bertz CT molecular complexity index is 1380. The van der Waals surface area contributed by atoms with Crippen LogP contribution in [0.1, 0.15) is 119 Å². The molecule has 8 heteroatoms. The molecule has 5 atom stereocenters. The van der Waals surface area contributed by atoms with Crippen molar-refractivity contribution in [3.63, 3.8) is 0 Å². The van der Waals surface area contributed by atoms with Gasteiger partial charge in [0.25, 0.3) is 0 Å². The highest BCUT2D eigenvalue weighted by Gasteiger charge is 2.47. The minimum atomic E-state index is -0.498. The second-order valence-electron chi connectivity index (χ2n) is 17.0. The molecular weight excluding hydrogens is 628 g/mol. The summed E-state index contributed by atoms with van der Waals surface area (Å²) >= 11 is 0. The van der Waals surface area contributed by atoms with Gasteiger partial charge in [-0.2, -0.15) is 0 Å². The van der Waals surface area contributed by atoms with Crippen molar-refractivity contribution >= 4 is 18.0 Å². The van der Waals surface area contributed by atoms with Crippen LogP contribution >= 0.6 is 0 Å². The van der Waals surface area contributed by atoms with Gasteiger partial charge in [-0.1, -0.05) is 101 Å². The van der Waals surface area contributed by atoms with Gasteiger partial charge in [-0.05, 0) is 76.8 Å². The van der Waals surface area contributed by atoms with Gasteiger partial charge in [0.05, 0.1) is 12.8 Å². The average Bonchev–Trinajstić information content (AvgIpc) is 3.54. The molecule has 2 aromatic rings. The van der Waals surface area contributed by atoms with Crippen molar-refractivity contribution in [3.05, 3.63) is 71.8 Å². The van der Waals surface area contributed by atoms with E-state index in [2.05, 4.69) is 69.9 Å². The third-order valence-corrected chi connectivity index (χ3v) is 10.2. The number of carbonyl (C=O) groups is 3. The van der Waals surface area contributed by atoms with Gasteiger partial charge in [-0.15, -0.1) is 0 Å². The van der Waals surface area contributed by atoms with Gasteiger partial charge in [-0.3, -0.25) is 14.5 Å². The van der Waals surface area contributed by atoms with E-state index in [9.17, 15) is 14.4 Å². The largest absolute Gasteiger partial charge is 0.460 e. The predicted molar refractivity (Wildman–Crippen MR) is 199 cm³/mol. The number of amides is 1. The van der Waals surface area contributed by atoms with E-state index in [1.807, 2.05) is 71.9 Å². The first kappa shape index (κ1) is 41.0. The van der Waals surface area contributed by atoms with Crippen LogP contribution in [0.25, 0.3) is 0 Å². The lowest BCUT2D eigenvalue weighted by Crippen LogP contribution is -2.35. The third kappa shape index (κ3) is 12.1. The molecule has 2 aliphatic rings. The minimum Gasteiger partial charge on any atom is -0.460 e. The van der Waals surface area contributed by atoms with Crippen LogP contribution in [-0.4, -0.2) is 65.2 Å². The van der Waals surface area contributed by atoms with Crippen LogP contribution in [0, 0.1) is 22.7 Å². The molecule has 8 nitrogen and oxygen atoms in total. The molecule has 2 heterocycles. The van der Waals surface area contributed by atoms with Crippen LogP contribution in [0.3, 0.4) is 0 Å². The number of hydrogen-bond donors (Lipinski definition) is 0.